The number of hydrogen-bond acceptors (Lipinski definition) is 4. The van der Waals surface area contributed by atoms with E-state index in [2.05, 4.69) is 10.9 Å². The molecule has 1 heterocycles. The Balaban J connectivity index is 1.50. The standard InChI is InChI=1S/C22H25N3O4/c1-16(26)25-13-7-10-18(14-25)22(28)24-23-21(27)15-29-20-12-6-5-11-19(20)17-8-3-2-4-9-17/h2-6,8-9,11-12,18H,7,10,13-15H2,1H3,(H,23,27)(H,24,28)/t18-/m1/s1. The number of rotatable bonds is 5. The maximum Gasteiger partial charge on any atom is 0.276 e. The summed E-state index contributed by atoms with van der Waals surface area (Å²) >= 11 is 0. The first kappa shape index (κ1) is 20.4. The van der Waals surface area contributed by atoms with Crippen LogP contribution in [0.5, 0.6) is 5.75 Å². The van der Waals surface area contributed by atoms with Crippen LogP contribution in [0.1, 0.15) is 19.8 Å². The summed E-state index contributed by atoms with van der Waals surface area (Å²) in [6.07, 6.45) is 1.46. The van der Waals surface area contributed by atoms with Crippen LogP contribution in [0.25, 0.3) is 11.1 Å². The highest BCUT2D eigenvalue weighted by Crippen LogP contribution is 2.29. The molecule has 1 fully saturated rings. The van der Waals surface area contributed by atoms with Crippen molar-refractivity contribution < 1.29 is 19.1 Å². The first-order valence-electron chi connectivity index (χ1n) is 9.66. The number of ether oxygens (including phenoxy) is 1. The maximum absolute atomic E-state index is 12.3. The molecular formula is C22H25N3O4. The van der Waals surface area contributed by atoms with E-state index in [0.29, 0.717) is 25.3 Å². The zero-order chi connectivity index (χ0) is 20.6. The minimum atomic E-state index is -0.458. The van der Waals surface area contributed by atoms with Crippen molar-refractivity contribution in [3.63, 3.8) is 0 Å². The fourth-order valence-corrected chi connectivity index (χ4v) is 3.34. The van der Waals surface area contributed by atoms with Crippen molar-refractivity contribution in [2.24, 2.45) is 5.92 Å². The SMILES string of the molecule is CC(=O)N1CCC[C@@H](C(=O)NNC(=O)COc2ccccc2-c2ccccc2)C1. The van der Waals surface area contributed by atoms with E-state index in [9.17, 15) is 14.4 Å². The van der Waals surface area contributed by atoms with Crippen LogP contribution in [0, 0.1) is 5.92 Å². The smallest absolute Gasteiger partial charge is 0.276 e. The summed E-state index contributed by atoms with van der Waals surface area (Å²) in [6.45, 7) is 2.30. The molecule has 2 aromatic rings. The van der Waals surface area contributed by atoms with Gasteiger partial charge in [0.25, 0.3) is 5.91 Å². The highest BCUT2D eigenvalue weighted by Gasteiger charge is 2.27. The first-order valence-corrected chi connectivity index (χ1v) is 9.66. The van der Waals surface area contributed by atoms with Crippen LogP contribution in [0.15, 0.2) is 54.6 Å². The topological polar surface area (TPSA) is 87.7 Å². The zero-order valence-corrected chi connectivity index (χ0v) is 16.4. The number of amides is 3. The van der Waals surface area contributed by atoms with Crippen molar-refractivity contribution in [3.05, 3.63) is 54.6 Å². The van der Waals surface area contributed by atoms with Gasteiger partial charge in [-0.25, -0.2) is 0 Å². The van der Waals surface area contributed by atoms with Gasteiger partial charge < -0.3 is 9.64 Å². The number of benzene rings is 2. The average Bonchev–Trinajstić information content (AvgIpc) is 2.77. The first-order chi connectivity index (χ1) is 14.0. The summed E-state index contributed by atoms with van der Waals surface area (Å²) < 4.78 is 5.66. The van der Waals surface area contributed by atoms with E-state index in [1.165, 1.54) is 6.92 Å². The highest BCUT2D eigenvalue weighted by molar-refractivity contribution is 5.85. The molecule has 0 unspecified atom stereocenters. The molecule has 0 bridgehead atoms. The van der Waals surface area contributed by atoms with Gasteiger partial charge >= 0.3 is 0 Å². The van der Waals surface area contributed by atoms with E-state index in [1.807, 2.05) is 48.5 Å². The summed E-state index contributed by atoms with van der Waals surface area (Å²) in [4.78, 5) is 37.5. The fraction of sp³-hybridized carbons (Fsp3) is 0.318. The van der Waals surface area contributed by atoms with E-state index in [4.69, 9.17) is 4.74 Å². The van der Waals surface area contributed by atoms with Crippen molar-refractivity contribution in [2.75, 3.05) is 19.7 Å². The molecule has 152 valence electrons. The summed E-state index contributed by atoms with van der Waals surface area (Å²) in [5.41, 5.74) is 6.70. The van der Waals surface area contributed by atoms with Gasteiger partial charge in [0, 0.05) is 25.6 Å². The third-order valence-electron chi connectivity index (χ3n) is 4.89. The Labute approximate surface area is 170 Å². The van der Waals surface area contributed by atoms with Crippen molar-refractivity contribution >= 4 is 17.7 Å². The van der Waals surface area contributed by atoms with Gasteiger partial charge in [-0.05, 0) is 24.5 Å². The Bertz CT molecular complexity index is 869. The molecule has 1 aliphatic rings. The fourth-order valence-electron chi connectivity index (χ4n) is 3.34. The molecule has 1 saturated heterocycles. The van der Waals surface area contributed by atoms with Gasteiger partial charge in [0.2, 0.25) is 11.8 Å². The Hall–Kier alpha value is -3.35. The number of carbonyl (C=O) groups is 3. The lowest BCUT2D eigenvalue weighted by Crippen LogP contribution is -2.50. The Kier molecular flexibility index (Phi) is 6.84. The molecule has 3 amide bonds. The maximum atomic E-state index is 12.3. The van der Waals surface area contributed by atoms with Gasteiger partial charge in [-0.3, -0.25) is 25.2 Å². The minimum absolute atomic E-state index is 0.0444. The molecule has 7 nitrogen and oxygen atoms in total. The molecule has 2 N–H and O–H groups in total. The van der Waals surface area contributed by atoms with Crippen LogP contribution >= 0.6 is 0 Å². The molecule has 0 aliphatic carbocycles. The second kappa shape index (κ2) is 9.73. The van der Waals surface area contributed by atoms with Gasteiger partial charge in [-0.2, -0.15) is 0 Å². The zero-order valence-electron chi connectivity index (χ0n) is 16.4. The monoisotopic (exact) mass is 395 g/mol. The van der Waals surface area contributed by atoms with Crippen LogP contribution in [-0.4, -0.2) is 42.3 Å². The molecule has 0 aromatic heterocycles. The van der Waals surface area contributed by atoms with Crippen LogP contribution in [-0.2, 0) is 14.4 Å². The number of para-hydroxylation sites is 1. The Morgan fingerprint density at radius 3 is 2.52 bits per heavy atom. The number of nitrogens with zero attached hydrogens (tertiary/aromatic N) is 1. The van der Waals surface area contributed by atoms with Gasteiger partial charge in [0.05, 0.1) is 5.92 Å². The Morgan fingerprint density at radius 1 is 1.03 bits per heavy atom. The average molecular weight is 395 g/mol. The minimum Gasteiger partial charge on any atom is -0.483 e. The number of likely N-dealkylation sites (tertiary alicyclic amines) is 1. The van der Waals surface area contributed by atoms with E-state index in [0.717, 1.165) is 17.5 Å². The van der Waals surface area contributed by atoms with Gasteiger partial charge in [-0.15, -0.1) is 0 Å². The number of nitrogens with one attached hydrogen (secondary N) is 2. The van der Waals surface area contributed by atoms with Crippen LogP contribution < -0.4 is 15.6 Å². The Morgan fingerprint density at radius 2 is 1.76 bits per heavy atom. The summed E-state index contributed by atoms with van der Waals surface area (Å²) in [6, 6.07) is 17.2. The van der Waals surface area contributed by atoms with Crippen LogP contribution in [0.2, 0.25) is 0 Å². The lowest BCUT2D eigenvalue weighted by Gasteiger charge is -2.31. The number of hydrogen-bond donors (Lipinski definition) is 2. The molecule has 1 aliphatic heterocycles. The van der Waals surface area contributed by atoms with Gasteiger partial charge in [-0.1, -0.05) is 48.5 Å². The predicted molar refractivity (Wildman–Crippen MR) is 109 cm³/mol. The predicted octanol–water partition coefficient (Wildman–Crippen LogP) is 2.14. The number of hydrazine groups is 1. The van der Waals surface area contributed by atoms with E-state index in [1.54, 1.807) is 11.0 Å². The molecule has 0 saturated carbocycles. The second-order valence-electron chi connectivity index (χ2n) is 6.99. The van der Waals surface area contributed by atoms with Crippen molar-refractivity contribution in [2.45, 2.75) is 19.8 Å². The molecular weight excluding hydrogens is 370 g/mol. The van der Waals surface area contributed by atoms with Gasteiger partial charge in [0.1, 0.15) is 5.75 Å². The molecule has 0 spiro atoms. The highest BCUT2D eigenvalue weighted by atomic mass is 16.5. The molecule has 3 rings (SSSR count). The normalized spacial score (nSPS) is 16.0. The molecule has 0 radical (unpaired) electrons. The lowest BCUT2D eigenvalue weighted by atomic mass is 9.97. The third-order valence-corrected chi connectivity index (χ3v) is 4.89. The van der Waals surface area contributed by atoms with E-state index >= 15 is 0 Å². The number of carbonyl (C=O) groups excluding carboxylic acids is 3. The second-order valence-corrected chi connectivity index (χ2v) is 6.99. The summed E-state index contributed by atoms with van der Waals surface area (Å²) in [7, 11) is 0. The van der Waals surface area contributed by atoms with Crippen molar-refractivity contribution in [1.82, 2.24) is 15.8 Å². The quantitative estimate of drug-likeness (QED) is 0.760. The van der Waals surface area contributed by atoms with Crippen molar-refractivity contribution in [1.29, 1.82) is 0 Å². The van der Waals surface area contributed by atoms with E-state index in [-0.39, 0.29) is 24.3 Å². The lowest BCUT2D eigenvalue weighted by molar-refractivity contribution is -0.136. The molecule has 29 heavy (non-hydrogen) atoms. The van der Waals surface area contributed by atoms with Crippen LogP contribution in [0.3, 0.4) is 0 Å². The summed E-state index contributed by atoms with van der Waals surface area (Å²) in [5, 5.41) is 0. The largest absolute Gasteiger partial charge is 0.483 e. The number of piperidine rings is 1. The van der Waals surface area contributed by atoms with Crippen molar-refractivity contribution in [3.8, 4) is 16.9 Å². The molecule has 2 aromatic carbocycles. The molecule has 1 atom stereocenters. The van der Waals surface area contributed by atoms with Gasteiger partial charge in [0.15, 0.2) is 6.61 Å². The third kappa shape index (κ3) is 5.57. The molecule has 7 heteroatoms. The summed E-state index contributed by atoms with van der Waals surface area (Å²) in [5.74, 6) is -0.538. The van der Waals surface area contributed by atoms with E-state index < -0.39 is 5.91 Å². The van der Waals surface area contributed by atoms with Crippen LogP contribution in [0.4, 0.5) is 0 Å².